The highest BCUT2D eigenvalue weighted by atomic mass is 35.5. The van der Waals surface area contributed by atoms with Gasteiger partial charge in [0.05, 0.1) is 15.6 Å². The molecule has 0 amide bonds. The van der Waals surface area contributed by atoms with E-state index in [0.717, 1.165) is 0 Å². The van der Waals surface area contributed by atoms with Crippen LogP contribution in [0.15, 0.2) is 77.7 Å². The van der Waals surface area contributed by atoms with Crippen molar-refractivity contribution in [1.29, 1.82) is 5.26 Å². The van der Waals surface area contributed by atoms with Crippen LogP contribution in [0.25, 0.3) is 0 Å². The van der Waals surface area contributed by atoms with Crippen LogP contribution in [0.5, 0.6) is 11.5 Å². The molecule has 5 nitrogen and oxygen atoms in total. The van der Waals surface area contributed by atoms with E-state index in [9.17, 15) is 13.7 Å². The van der Waals surface area contributed by atoms with E-state index >= 15 is 0 Å². The molecule has 0 aliphatic carbocycles. The molecule has 0 heterocycles. The average molecular weight is 413 g/mol. The highest BCUT2D eigenvalue weighted by molar-refractivity contribution is 7.92. The predicted octanol–water partition coefficient (Wildman–Crippen LogP) is 5.22. The molecular weight excluding hydrogens is 396 g/mol. The first kappa shape index (κ1) is 19.7. The van der Waals surface area contributed by atoms with E-state index in [2.05, 4.69) is 0 Å². The van der Waals surface area contributed by atoms with E-state index in [1.165, 1.54) is 16.4 Å². The van der Waals surface area contributed by atoms with Gasteiger partial charge in [0, 0.05) is 6.54 Å². The van der Waals surface area contributed by atoms with Crippen LogP contribution in [-0.2, 0) is 10.0 Å². The lowest BCUT2D eigenvalue weighted by Gasteiger charge is -2.23. The van der Waals surface area contributed by atoms with Crippen LogP contribution in [0, 0.1) is 11.3 Å². The van der Waals surface area contributed by atoms with E-state index < -0.39 is 10.0 Å². The summed E-state index contributed by atoms with van der Waals surface area (Å²) in [5.41, 5.74) is 0.824. The molecule has 0 bridgehead atoms. The molecule has 0 fully saturated rings. The van der Waals surface area contributed by atoms with Gasteiger partial charge in [-0.2, -0.15) is 5.26 Å². The number of nitrogens with zero attached hydrogens (tertiary/aromatic N) is 2. The second-order valence-corrected chi connectivity index (χ2v) is 8.07. The molecule has 0 aliphatic rings. The van der Waals surface area contributed by atoms with Gasteiger partial charge in [-0.3, -0.25) is 4.31 Å². The zero-order valence-corrected chi connectivity index (χ0v) is 16.6. The molecule has 0 spiro atoms. The molecule has 3 rings (SSSR count). The Balaban J connectivity index is 1.88. The second kappa shape index (κ2) is 8.34. The van der Waals surface area contributed by atoms with Crippen LogP contribution < -0.4 is 9.04 Å². The number of halogens is 1. The van der Waals surface area contributed by atoms with Crippen LogP contribution in [0.1, 0.15) is 12.5 Å². The Hall–Kier alpha value is -3.01. The van der Waals surface area contributed by atoms with Crippen LogP contribution in [0.4, 0.5) is 5.69 Å². The normalized spacial score (nSPS) is 10.9. The van der Waals surface area contributed by atoms with E-state index in [1.807, 2.05) is 12.1 Å². The fourth-order valence-electron chi connectivity index (χ4n) is 2.72. The summed E-state index contributed by atoms with van der Waals surface area (Å²) in [6.45, 7) is 2.09. The molecule has 0 saturated carbocycles. The first-order valence-electron chi connectivity index (χ1n) is 8.51. The van der Waals surface area contributed by atoms with E-state index in [1.54, 1.807) is 61.5 Å². The summed E-state index contributed by atoms with van der Waals surface area (Å²) in [6, 6.07) is 21.9. The third-order valence-corrected chi connectivity index (χ3v) is 6.29. The van der Waals surface area contributed by atoms with Crippen molar-refractivity contribution in [2.45, 2.75) is 11.8 Å². The topological polar surface area (TPSA) is 70.4 Å². The van der Waals surface area contributed by atoms with Crippen LogP contribution in [0.2, 0.25) is 5.02 Å². The molecule has 28 heavy (non-hydrogen) atoms. The van der Waals surface area contributed by atoms with Crippen molar-refractivity contribution < 1.29 is 13.2 Å². The lowest BCUT2D eigenvalue weighted by Crippen LogP contribution is -2.30. The number of hydrogen-bond acceptors (Lipinski definition) is 4. The second-order valence-electron chi connectivity index (χ2n) is 5.80. The molecule has 0 unspecified atom stereocenters. The Labute approximate surface area is 169 Å². The molecule has 7 heteroatoms. The van der Waals surface area contributed by atoms with Crippen molar-refractivity contribution in [3.8, 4) is 17.6 Å². The van der Waals surface area contributed by atoms with Gasteiger partial charge in [-0.15, -0.1) is 0 Å². The van der Waals surface area contributed by atoms with Gasteiger partial charge in [0.15, 0.2) is 0 Å². The van der Waals surface area contributed by atoms with Gasteiger partial charge in [0.2, 0.25) is 0 Å². The minimum Gasteiger partial charge on any atom is -0.456 e. The number of benzene rings is 3. The molecule has 0 radical (unpaired) electrons. The Morgan fingerprint density at radius 1 is 1.00 bits per heavy atom. The minimum atomic E-state index is -3.71. The SMILES string of the molecule is CCN(c1ccccc1)S(=O)(=O)c1ccc(Oc2cccc(Cl)c2C#N)cc1. The van der Waals surface area contributed by atoms with E-state index in [4.69, 9.17) is 16.3 Å². The molecule has 142 valence electrons. The van der Waals surface area contributed by atoms with Crippen molar-refractivity contribution in [3.63, 3.8) is 0 Å². The van der Waals surface area contributed by atoms with Crippen molar-refractivity contribution in [1.82, 2.24) is 0 Å². The fourth-order valence-corrected chi connectivity index (χ4v) is 4.40. The summed E-state index contributed by atoms with van der Waals surface area (Å²) in [6.07, 6.45) is 0. The van der Waals surface area contributed by atoms with Gasteiger partial charge < -0.3 is 4.74 Å². The fraction of sp³-hybridized carbons (Fsp3) is 0.0952. The van der Waals surface area contributed by atoms with Crippen molar-refractivity contribution >= 4 is 27.3 Å². The molecule has 0 saturated heterocycles. The molecule has 3 aromatic carbocycles. The summed E-state index contributed by atoms with van der Waals surface area (Å²) in [5, 5.41) is 9.52. The summed E-state index contributed by atoms with van der Waals surface area (Å²) < 4.78 is 33.1. The maximum atomic E-state index is 13.0. The van der Waals surface area contributed by atoms with Gasteiger partial charge >= 0.3 is 0 Å². The van der Waals surface area contributed by atoms with Crippen LogP contribution in [-0.4, -0.2) is 15.0 Å². The lowest BCUT2D eigenvalue weighted by atomic mass is 10.2. The number of anilines is 1. The first-order valence-corrected chi connectivity index (χ1v) is 10.3. The maximum Gasteiger partial charge on any atom is 0.264 e. The third kappa shape index (κ3) is 3.96. The number of rotatable bonds is 6. The quantitative estimate of drug-likeness (QED) is 0.556. The highest BCUT2D eigenvalue weighted by Gasteiger charge is 2.23. The van der Waals surface area contributed by atoms with Crippen molar-refractivity contribution in [3.05, 3.63) is 83.4 Å². The Morgan fingerprint density at radius 3 is 2.29 bits per heavy atom. The van der Waals surface area contributed by atoms with Gasteiger partial charge in [-0.1, -0.05) is 35.9 Å². The number of para-hydroxylation sites is 1. The highest BCUT2D eigenvalue weighted by Crippen LogP contribution is 2.31. The van der Waals surface area contributed by atoms with Crippen LogP contribution in [0.3, 0.4) is 0 Å². The van der Waals surface area contributed by atoms with Gasteiger partial charge in [-0.25, -0.2) is 8.42 Å². The summed E-state index contributed by atoms with van der Waals surface area (Å²) >= 11 is 6.00. The van der Waals surface area contributed by atoms with E-state index in [0.29, 0.717) is 28.8 Å². The van der Waals surface area contributed by atoms with Crippen molar-refractivity contribution in [2.24, 2.45) is 0 Å². The predicted molar refractivity (Wildman–Crippen MR) is 109 cm³/mol. The average Bonchev–Trinajstić information content (AvgIpc) is 2.70. The van der Waals surface area contributed by atoms with E-state index in [-0.39, 0.29) is 10.5 Å². The lowest BCUT2D eigenvalue weighted by molar-refractivity contribution is 0.480. The van der Waals surface area contributed by atoms with Crippen molar-refractivity contribution in [2.75, 3.05) is 10.8 Å². The number of ether oxygens (including phenoxy) is 1. The summed E-state index contributed by atoms with van der Waals surface area (Å²) in [7, 11) is -3.71. The standard InChI is InChI=1S/C21H17ClN2O3S/c1-2-24(16-7-4-3-5-8-16)28(25,26)18-13-11-17(12-14-18)27-21-10-6-9-20(22)19(21)15-23/h3-14H,2H2,1H3. The van der Waals surface area contributed by atoms with Gasteiger partial charge in [0.1, 0.15) is 23.1 Å². The molecule has 0 N–H and O–H groups in total. The molecule has 3 aromatic rings. The molecule has 0 atom stereocenters. The van der Waals surface area contributed by atoms with Gasteiger partial charge in [0.25, 0.3) is 10.0 Å². The van der Waals surface area contributed by atoms with Crippen LogP contribution >= 0.6 is 11.6 Å². The zero-order chi connectivity index (χ0) is 20.1. The Morgan fingerprint density at radius 2 is 1.68 bits per heavy atom. The number of hydrogen-bond donors (Lipinski definition) is 0. The zero-order valence-electron chi connectivity index (χ0n) is 15.0. The summed E-state index contributed by atoms with van der Waals surface area (Å²) in [5.74, 6) is 0.713. The molecule has 0 aromatic heterocycles. The molecular formula is C21H17ClN2O3S. The monoisotopic (exact) mass is 412 g/mol. The summed E-state index contributed by atoms with van der Waals surface area (Å²) in [4.78, 5) is 0.150. The van der Waals surface area contributed by atoms with Gasteiger partial charge in [-0.05, 0) is 55.5 Å². The molecule has 0 aliphatic heterocycles. The minimum absolute atomic E-state index is 0.150. The first-order chi connectivity index (χ1) is 13.5. The number of nitriles is 1. The smallest absolute Gasteiger partial charge is 0.264 e. The third-order valence-electron chi connectivity index (χ3n) is 4.06. The Kier molecular flexibility index (Phi) is 5.88. The Bertz CT molecular complexity index is 1110. The largest absolute Gasteiger partial charge is 0.456 e. The number of sulfonamides is 1. The maximum absolute atomic E-state index is 13.0.